The largest absolute Gasteiger partial charge is 0.435 e. The Labute approximate surface area is 178 Å². The third kappa shape index (κ3) is 4.97. The van der Waals surface area contributed by atoms with Crippen LogP contribution in [0.5, 0.6) is 5.75 Å². The Balaban J connectivity index is 1.74. The van der Waals surface area contributed by atoms with Crippen LogP contribution in [0.1, 0.15) is 32.9 Å². The van der Waals surface area contributed by atoms with Crippen molar-refractivity contribution in [1.82, 2.24) is 14.7 Å². The van der Waals surface area contributed by atoms with Crippen molar-refractivity contribution >= 4 is 17.5 Å². The van der Waals surface area contributed by atoms with Crippen LogP contribution in [0, 0.1) is 13.8 Å². The minimum absolute atomic E-state index is 0.0790. The quantitative estimate of drug-likeness (QED) is 0.522. The first-order valence-corrected chi connectivity index (χ1v) is 9.70. The van der Waals surface area contributed by atoms with E-state index in [0.29, 0.717) is 29.4 Å². The number of nitrogens with zero attached hydrogens (tertiary/aromatic N) is 3. The molecule has 1 amide bonds. The smallest absolute Gasteiger partial charge is 0.387 e. The van der Waals surface area contributed by atoms with E-state index in [1.54, 1.807) is 35.7 Å². The number of halogens is 3. The molecule has 0 saturated carbocycles. The standard InChI is InChI=1S/C22H22ClF2N3O2/c1-14-20(15(2)28(26-14)13-17-6-4-5-7-19(17)23)21(29)27(3)12-16-8-10-18(11-9-16)30-22(24)25/h4-11,22H,12-13H2,1-3H3. The third-order valence-electron chi connectivity index (χ3n) is 4.79. The summed E-state index contributed by atoms with van der Waals surface area (Å²) in [7, 11) is 1.69. The van der Waals surface area contributed by atoms with Gasteiger partial charge in [-0.2, -0.15) is 13.9 Å². The minimum atomic E-state index is -2.87. The average Bonchev–Trinajstić information content (AvgIpc) is 2.97. The highest BCUT2D eigenvalue weighted by atomic mass is 35.5. The maximum Gasteiger partial charge on any atom is 0.387 e. The first kappa shape index (κ1) is 21.8. The predicted molar refractivity (Wildman–Crippen MR) is 111 cm³/mol. The molecule has 1 heterocycles. The van der Waals surface area contributed by atoms with Crippen LogP contribution in [0.3, 0.4) is 0 Å². The average molecular weight is 434 g/mol. The highest BCUT2D eigenvalue weighted by Crippen LogP contribution is 2.21. The van der Waals surface area contributed by atoms with Crippen LogP contribution in [-0.4, -0.2) is 34.2 Å². The topological polar surface area (TPSA) is 47.4 Å². The number of carbonyl (C=O) groups excluding carboxylic acids is 1. The lowest BCUT2D eigenvalue weighted by Gasteiger charge is -2.18. The second kappa shape index (κ2) is 9.26. The third-order valence-corrected chi connectivity index (χ3v) is 5.16. The second-order valence-electron chi connectivity index (χ2n) is 6.98. The first-order chi connectivity index (χ1) is 14.3. The molecule has 0 atom stereocenters. The summed E-state index contributed by atoms with van der Waals surface area (Å²) < 4.78 is 30.7. The molecule has 0 aliphatic carbocycles. The summed E-state index contributed by atoms with van der Waals surface area (Å²) in [6.07, 6.45) is 0. The van der Waals surface area contributed by atoms with Crippen LogP contribution in [0.25, 0.3) is 0 Å². The molecule has 3 aromatic rings. The highest BCUT2D eigenvalue weighted by Gasteiger charge is 2.22. The Morgan fingerprint density at radius 2 is 1.83 bits per heavy atom. The fourth-order valence-corrected chi connectivity index (χ4v) is 3.46. The van der Waals surface area contributed by atoms with Crippen molar-refractivity contribution in [3.8, 4) is 5.75 Å². The van der Waals surface area contributed by atoms with E-state index < -0.39 is 6.61 Å². The lowest BCUT2D eigenvalue weighted by Crippen LogP contribution is -2.27. The number of amides is 1. The predicted octanol–water partition coefficient (Wildman–Crippen LogP) is 5.08. The number of benzene rings is 2. The number of rotatable bonds is 7. The molecular weight excluding hydrogens is 412 g/mol. The Hall–Kier alpha value is -2.93. The molecule has 0 unspecified atom stereocenters. The zero-order chi connectivity index (χ0) is 21.8. The molecule has 30 heavy (non-hydrogen) atoms. The molecule has 8 heteroatoms. The maximum absolute atomic E-state index is 13.1. The number of alkyl halides is 2. The molecule has 158 valence electrons. The van der Waals surface area contributed by atoms with E-state index in [2.05, 4.69) is 9.84 Å². The molecule has 0 fully saturated rings. The number of aromatic nitrogens is 2. The molecule has 0 bridgehead atoms. The molecule has 2 aromatic carbocycles. The maximum atomic E-state index is 13.1. The highest BCUT2D eigenvalue weighted by molar-refractivity contribution is 6.31. The van der Waals surface area contributed by atoms with Gasteiger partial charge >= 0.3 is 6.61 Å². The fraction of sp³-hybridized carbons (Fsp3) is 0.273. The van der Waals surface area contributed by atoms with E-state index in [9.17, 15) is 13.6 Å². The molecule has 5 nitrogen and oxygen atoms in total. The van der Waals surface area contributed by atoms with Crippen LogP contribution < -0.4 is 4.74 Å². The van der Waals surface area contributed by atoms with E-state index in [-0.39, 0.29) is 11.7 Å². The lowest BCUT2D eigenvalue weighted by atomic mass is 10.1. The van der Waals surface area contributed by atoms with Crippen LogP contribution in [0.15, 0.2) is 48.5 Å². The normalized spacial score (nSPS) is 11.0. The van der Waals surface area contributed by atoms with Gasteiger partial charge in [-0.25, -0.2) is 0 Å². The number of hydrogen-bond acceptors (Lipinski definition) is 3. The van der Waals surface area contributed by atoms with Crippen LogP contribution >= 0.6 is 11.6 Å². The zero-order valence-electron chi connectivity index (χ0n) is 16.9. The monoisotopic (exact) mass is 433 g/mol. The van der Waals surface area contributed by atoms with Gasteiger partial charge in [0.05, 0.1) is 17.8 Å². The van der Waals surface area contributed by atoms with Crippen molar-refractivity contribution in [3.63, 3.8) is 0 Å². The Kier molecular flexibility index (Phi) is 6.72. The minimum Gasteiger partial charge on any atom is -0.435 e. The van der Waals surface area contributed by atoms with Gasteiger partial charge in [-0.1, -0.05) is 41.9 Å². The van der Waals surface area contributed by atoms with E-state index in [1.165, 1.54) is 12.1 Å². The van der Waals surface area contributed by atoms with Crippen molar-refractivity contribution in [3.05, 3.63) is 81.6 Å². The van der Waals surface area contributed by atoms with E-state index in [4.69, 9.17) is 11.6 Å². The SMILES string of the molecule is Cc1nn(Cc2ccccc2Cl)c(C)c1C(=O)N(C)Cc1ccc(OC(F)F)cc1. The Morgan fingerprint density at radius 3 is 2.47 bits per heavy atom. The number of carbonyl (C=O) groups is 1. The summed E-state index contributed by atoms with van der Waals surface area (Å²) in [5, 5.41) is 5.17. The van der Waals surface area contributed by atoms with Gasteiger partial charge in [-0.3, -0.25) is 9.48 Å². The van der Waals surface area contributed by atoms with Crippen molar-refractivity contribution in [2.24, 2.45) is 0 Å². The van der Waals surface area contributed by atoms with Gasteiger partial charge < -0.3 is 9.64 Å². The van der Waals surface area contributed by atoms with E-state index in [0.717, 1.165) is 16.8 Å². The Morgan fingerprint density at radius 1 is 1.17 bits per heavy atom. The number of hydrogen-bond donors (Lipinski definition) is 0. The molecule has 0 aliphatic heterocycles. The van der Waals surface area contributed by atoms with Gasteiger partial charge in [0.25, 0.3) is 5.91 Å². The van der Waals surface area contributed by atoms with E-state index in [1.807, 2.05) is 31.2 Å². The fourth-order valence-electron chi connectivity index (χ4n) is 3.26. The van der Waals surface area contributed by atoms with Gasteiger partial charge in [0.15, 0.2) is 0 Å². The summed E-state index contributed by atoms with van der Waals surface area (Å²) in [4.78, 5) is 14.6. The van der Waals surface area contributed by atoms with Gasteiger partial charge in [0.1, 0.15) is 5.75 Å². The zero-order valence-corrected chi connectivity index (χ0v) is 17.7. The number of ether oxygens (including phenoxy) is 1. The molecular formula is C22H22ClF2N3O2. The lowest BCUT2D eigenvalue weighted by molar-refractivity contribution is -0.0498. The molecule has 3 rings (SSSR count). The second-order valence-corrected chi connectivity index (χ2v) is 7.39. The van der Waals surface area contributed by atoms with Crippen molar-refractivity contribution in [2.75, 3.05) is 7.05 Å². The summed E-state index contributed by atoms with van der Waals surface area (Å²) in [6, 6.07) is 13.7. The Bertz CT molecular complexity index is 1040. The molecule has 0 radical (unpaired) electrons. The molecule has 0 spiro atoms. The van der Waals surface area contributed by atoms with Crippen molar-refractivity contribution < 1.29 is 18.3 Å². The molecule has 0 saturated heterocycles. The molecule has 0 N–H and O–H groups in total. The van der Waals surface area contributed by atoms with Gasteiger partial charge in [0, 0.05) is 24.3 Å². The van der Waals surface area contributed by atoms with Crippen molar-refractivity contribution in [2.45, 2.75) is 33.5 Å². The molecule has 0 aliphatic rings. The summed E-state index contributed by atoms with van der Waals surface area (Å²) in [5.74, 6) is -0.0846. The van der Waals surface area contributed by atoms with Gasteiger partial charge in [-0.05, 0) is 43.2 Å². The van der Waals surface area contributed by atoms with Gasteiger partial charge in [-0.15, -0.1) is 0 Å². The summed E-state index contributed by atoms with van der Waals surface area (Å²) in [5.41, 5.74) is 3.65. The van der Waals surface area contributed by atoms with Crippen molar-refractivity contribution in [1.29, 1.82) is 0 Å². The summed E-state index contributed by atoms with van der Waals surface area (Å²) >= 11 is 6.25. The first-order valence-electron chi connectivity index (χ1n) is 9.33. The number of aryl methyl sites for hydroxylation is 1. The van der Waals surface area contributed by atoms with Crippen LogP contribution in [0.4, 0.5) is 8.78 Å². The summed E-state index contributed by atoms with van der Waals surface area (Å²) in [6.45, 7) is 1.58. The van der Waals surface area contributed by atoms with Crippen LogP contribution in [-0.2, 0) is 13.1 Å². The van der Waals surface area contributed by atoms with E-state index >= 15 is 0 Å². The molecule has 1 aromatic heterocycles. The van der Waals surface area contributed by atoms with Crippen LogP contribution in [0.2, 0.25) is 5.02 Å². The van der Waals surface area contributed by atoms with Gasteiger partial charge in [0.2, 0.25) is 0 Å².